The van der Waals surface area contributed by atoms with Gasteiger partial charge in [-0.3, -0.25) is 4.79 Å². The fourth-order valence-electron chi connectivity index (χ4n) is 2.22. The quantitative estimate of drug-likeness (QED) is 0.804. The first-order valence-corrected chi connectivity index (χ1v) is 6.22. The summed E-state index contributed by atoms with van der Waals surface area (Å²) in [6, 6.07) is 0. The second kappa shape index (κ2) is 5.67. The fourth-order valence-corrected chi connectivity index (χ4v) is 2.22. The molecule has 0 radical (unpaired) electrons. The Labute approximate surface area is 98.2 Å². The highest BCUT2D eigenvalue weighted by Gasteiger charge is 2.24. The number of carboxylic acid groups (broad SMARTS) is 1. The van der Waals surface area contributed by atoms with Gasteiger partial charge in [0.25, 0.3) is 0 Å². The third-order valence-electron chi connectivity index (χ3n) is 3.18. The molecule has 94 valence electrons. The van der Waals surface area contributed by atoms with Crippen molar-refractivity contribution in [3.05, 3.63) is 0 Å². The summed E-state index contributed by atoms with van der Waals surface area (Å²) in [6.45, 7) is 7.04. The van der Waals surface area contributed by atoms with E-state index in [1.165, 1.54) is 0 Å². The summed E-state index contributed by atoms with van der Waals surface area (Å²) in [5.74, 6) is 0.363. The van der Waals surface area contributed by atoms with Gasteiger partial charge in [-0.1, -0.05) is 0 Å². The van der Waals surface area contributed by atoms with E-state index in [-0.39, 0.29) is 5.60 Å². The van der Waals surface area contributed by atoms with E-state index in [0.29, 0.717) is 18.3 Å². The third-order valence-corrected chi connectivity index (χ3v) is 3.18. The maximum atomic E-state index is 10.6. The van der Waals surface area contributed by atoms with Gasteiger partial charge in [-0.2, -0.15) is 0 Å². The van der Waals surface area contributed by atoms with Crippen LogP contribution in [0, 0.1) is 11.8 Å². The van der Waals surface area contributed by atoms with Crippen LogP contribution in [0.15, 0.2) is 0 Å². The molecule has 1 rings (SSSR count). The molecule has 0 aromatic carbocycles. The lowest BCUT2D eigenvalue weighted by atomic mass is 9.81. The second-order valence-electron chi connectivity index (χ2n) is 5.91. The van der Waals surface area contributed by atoms with Gasteiger partial charge in [0.1, 0.15) is 0 Å². The maximum Gasteiger partial charge on any atom is 0.303 e. The van der Waals surface area contributed by atoms with Crippen LogP contribution in [-0.2, 0) is 9.53 Å². The van der Waals surface area contributed by atoms with Crippen molar-refractivity contribution in [3.63, 3.8) is 0 Å². The van der Waals surface area contributed by atoms with E-state index in [4.69, 9.17) is 9.84 Å². The number of carboxylic acids is 1. The number of aliphatic carboxylic acids is 1. The van der Waals surface area contributed by atoms with Gasteiger partial charge in [0.15, 0.2) is 0 Å². The largest absolute Gasteiger partial charge is 0.481 e. The van der Waals surface area contributed by atoms with Crippen molar-refractivity contribution in [1.82, 2.24) is 0 Å². The monoisotopic (exact) mass is 228 g/mol. The van der Waals surface area contributed by atoms with Crippen LogP contribution < -0.4 is 0 Å². The van der Waals surface area contributed by atoms with Crippen LogP contribution >= 0.6 is 0 Å². The maximum absolute atomic E-state index is 10.6. The Morgan fingerprint density at radius 3 is 2.12 bits per heavy atom. The van der Waals surface area contributed by atoms with E-state index >= 15 is 0 Å². The second-order valence-corrected chi connectivity index (χ2v) is 5.91. The topological polar surface area (TPSA) is 46.5 Å². The molecule has 0 aromatic heterocycles. The Morgan fingerprint density at radius 2 is 1.69 bits per heavy atom. The number of ether oxygens (including phenoxy) is 1. The molecule has 1 aliphatic carbocycles. The number of carbonyl (C=O) groups is 1. The first-order chi connectivity index (χ1) is 7.37. The minimum Gasteiger partial charge on any atom is -0.481 e. The minimum atomic E-state index is -0.658. The molecule has 3 nitrogen and oxygen atoms in total. The predicted octanol–water partition coefficient (Wildman–Crippen LogP) is 3.08. The van der Waals surface area contributed by atoms with Crippen molar-refractivity contribution in [2.75, 3.05) is 6.61 Å². The molecule has 0 amide bonds. The summed E-state index contributed by atoms with van der Waals surface area (Å²) < 4.78 is 5.77. The van der Waals surface area contributed by atoms with Gasteiger partial charge in [-0.25, -0.2) is 0 Å². The van der Waals surface area contributed by atoms with Crippen LogP contribution in [-0.4, -0.2) is 23.3 Å². The SMILES string of the molecule is CC(C)(C)OCC1CCC(CC(=O)O)CC1. The number of hydrogen-bond acceptors (Lipinski definition) is 2. The summed E-state index contributed by atoms with van der Waals surface area (Å²) in [5.41, 5.74) is -0.0576. The highest BCUT2D eigenvalue weighted by atomic mass is 16.5. The summed E-state index contributed by atoms with van der Waals surface area (Å²) >= 11 is 0. The van der Waals surface area contributed by atoms with Crippen molar-refractivity contribution in [2.45, 2.75) is 58.5 Å². The molecular formula is C13H24O3. The third kappa shape index (κ3) is 5.50. The van der Waals surface area contributed by atoms with Crippen molar-refractivity contribution in [3.8, 4) is 0 Å². The lowest BCUT2D eigenvalue weighted by Crippen LogP contribution is -2.26. The normalized spacial score (nSPS) is 26.7. The molecule has 0 bridgehead atoms. The molecular weight excluding hydrogens is 204 g/mol. The van der Waals surface area contributed by atoms with Gasteiger partial charge in [-0.15, -0.1) is 0 Å². The Balaban J connectivity index is 2.19. The molecule has 1 fully saturated rings. The standard InChI is InChI=1S/C13H24O3/c1-13(2,3)16-9-11-6-4-10(5-7-11)8-12(14)15/h10-11H,4-9H2,1-3H3,(H,14,15). The smallest absolute Gasteiger partial charge is 0.303 e. The molecule has 1 N–H and O–H groups in total. The molecule has 16 heavy (non-hydrogen) atoms. The average Bonchev–Trinajstić information content (AvgIpc) is 2.14. The Bertz CT molecular complexity index is 222. The Morgan fingerprint density at radius 1 is 1.19 bits per heavy atom. The van der Waals surface area contributed by atoms with Gasteiger partial charge in [0, 0.05) is 6.42 Å². The molecule has 0 spiro atoms. The molecule has 0 aliphatic heterocycles. The molecule has 0 aromatic rings. The zero-order valence-corrected chi connectivity index (χ0v) is 10.7. The van der Waals surface area contributed by atoms with Gasteiger partial charge < -0.3 is 9.84 Å². The highest BCUT2D eigenvalue weighted by Crippen LogP contribution is 2.31. The van der Waals surface area contributed by atoms with E-state index in [0.717, 1.165) is 32.3 Å². The summed E-state index contributed by atoms with van der Waals surface area (Å²) in [4.78, 5) is 10.6. The van der Waals surface area contributed by atoms with Gasteiger partial charge in [-0.05, 0) is 58.3 Å². The molecule has 0 heterocycles. The zero-order chi connectivity index (χ0) is 12.2. The first-order valence-electron chi connectivity index (χ1n) is 6.22. The van der Waals surface area contributed by atoms with Crippen molar-refractivity contribution < 1.29 is 14.6 Å². The van der Waals surface area contributed by atoms with Crippen LogP contribution in [0.3, 0.4) is 0 Å². The van der Waals surface area contributed by atoms with Gasteiger partial charge in [0.05, 0.1) is 12.2 Å². The zero-order valence-electron chi connectivity index (χ0n) is 10.7. The van der Waals surface area contributed by atoms with E-state index in [9.17, 15) is 4.79 Å². The molecule has 0 saturated heterocycles. The summed E-state index contributed by atoms with van der Waals surface area (Å²) in [5, 5.41) is 8.72. The summed E-state index contributed by atoms with van der Waals surface area (Å²) in [7, 11) is 0. The van der Waals surface area contributed by atoms with Crippen LogP contribution in [0.25, 0.3) is 0 Å². The van der Waals surface area contributed by atoms with Gasteiger partial charge >= 0.3 is 5.97 Å². The lowest BCUT2D eigenvalue weighted by molar-refractivity contribution is -0.138. The molecule has 1 saturated carbocycles. The van der Waals surface area contributed by atoms with Gasteiger partial charge in [0.2, 0.25) is 0 Å². The Kier molecular flexibility index (Phi) is 4.78. The van der Waals surface area contributed by atoms with E-state index in [2.05, 4.69) is 20.8 Å². The number of rotatable bonds is 4. The highest BCUT2D eigenvalue weighted by molar-refractivity contribution is 5.67. The molecule has 0 atom stereocenters. The lowest BCUT2D eigenvalue weighted by Gasteiger charge is -2.30. The summed E-state index contributed by atoms with van der Waals surface area (Å²) in [6.07, 6.45) is 4.67. The molecule has 3 heteroatoms. The molecule has 1 aliphatic rings. The van der Waals surface area contributed by atoms with Crippen LogP contribution in [0.1, 0.15) is 52.9 Å². The van der Waals surface area contributed by atoms with Crippen LogP contribution in [0.5, 0.6) is 0 Å². The minimum absolute atomic E-state index is 0.0576. The Hall–Kier alpha value is -0.570. The predicted molar refractivity (Wildman–Crippen MR) is 63.4 cm³/mol. The van der Waals surface area contributed by atoms with E-state index in [1.807, 2.05) is 0 Å². The first kappa shape index (κ1) is 13.5. The van der Waals surface area contributed by atoms with E-state index < -0.39 is 5.97 Å². The number of hydrogen-bond donors (Lipinski definition) is 1. The average molecular weight is 228 g/mol. The van der Waals surface area contributed by atoms with Crippen molar-refractivity contribution in [1.29, 1.82) is 0 Å². The van der Waals surface area contributed by atoms with Crippen LogP contribution in [0.2, 0.25) is 0 Å². The van der Waals surface area contributed by atoms with Crippen molar-refractivity contribution in [2.24, 2.45) is 11.8 Å². The fraction of sp³-hybridized carbons (Fsp3) is 0.923. The van der Waals surface area contributed by atoms with E-state index in [1.54, 1.807) is 0 Å². The molecule has 0 unspecified atom stereocenters. The van der Waals surface area contributed by atoms with Crippen molar-refractivity contribution >= 4 is 5.97 Å². The van der Waals surface area contributed by atoms with Crippen LogP contribution in [0.4, 0.5) is 0 Å².